The molecule has 0 aromatic rings. The fraction of sp³-hybridized carbons (Fsp3) is 1.00. The van der Waals surface area contributed by atoms with Crippen LogP contribution in [0.5, 0.6) is 0 Å². The molecule has 0 saturated carbocycles. The van der Waals surface area contributed by atoms with Crippen LogP contribution in [0.25, 0.3) is 0 Å². The molecule has 0 fully saturated rings. The molecule has 5 nitrogen and oxygen atoms in total. The normalized spacial score (nSPS) is 13.9. The Morgan fingerprint density at radius 2 is 2.25 bits per heavy atom. The lowest BCUT2D eigenvalue weighted by atomic mass is 10.5. The van der Waals surface area contributed by atoms with Gasteiger partial charge < -0.3 is 5.11 Å². The quantitative estimate of drug-likeness (QED) is 0.398. The molecule has 1 atom stereocenters. The highest BCUT2D eigenvalue weighted by Gasteiger charge is 1.98. The lowest BCUT2D eigenvalue weighted by Gasteiger charge is -2.02. The highest BCUT2D eigenvalue weighted by Crippen LogP contribution is 1.87. The smallest absolute Gasteiger partial charge is 0.116 e. The summed E-state index contributed by atoms with van der Waals surface area (Å²) in [7, 11) is 0. The zero-order valence-electron chi connectivity index (χ0n) is 4.40. The Labute approximate surface area is 46.2 Å². The molecule has 0 aliphatic rings. The number of aliphatic hydroxyl groups is 1. The third kappa shape index (κ3) is 3.97. The summed E-state index contributed by atoms with van der Waals surface area (Å²) < 4.78 is 0. The van der Waals surface area contributed by atoms with Gasteiger partial charge in [0, 0.05) is 0 Å². The fourth-order valence-corrected chi connectivity index (χ4v) is 0.115. The second-order valence-electron chi connectivity index (χ2n) is 1.23. The van der Waals surface area contributed by atoms with Gasteiger partial charge in [-0.05, 0) is 17.0 Å². The van der Waals surface area contributed by atoms with Crippen LogP contribution in [0.15, 0.2) is 0 Å². The molecular formula is C3H8O5. The lowest BCUT2D eigenvalue weighted by Crippen LogP contribution is -2.12. The van der Waals surface area contributed by atoms with Gasteiger partial charge in [-0.1, -0.05) is 0 Å². The number of rotatable bonds is 4. The van der Waals surface area contributed by atoms with Gasteiger partial charge in [0.05, 0.1) is 6.61 Å². The van der Waals surface area contributed by atoms with Crippen molar-refractivity contribution >= 4 is 0 Å². The summed E-state index contributed by atoms with van der Waals surface area (Å²) in [5.74, 6) is 0. The molecule has 0 radical (unpaired) electrons. The van der Waals surface area contributed by atoms with E-state index >= 15 is 0 Å². The zero-order chi connectivity index (χ0) is 6.41. The van der Waals surface area contributed by atoms with E-state index in [0.717, 1.165) is 0 Å². The molecule has 0 aromatic heterocycles. The molecule has 0 aliphatic carbocycles. The summed E-state index contributed by atoms with van der Waals surface area (Å²) in [4.78, 5) is 4.12. The van der Waals surface area contributed by atoms with Gasteiger partial charge in [0.25, 0.3) is 0 Å². The minimum atomic E-state index is -0.498. The van der Waals surface area contributed by atoms with Crippen molar-refractivity contribution in [1.82, 2.24) is 0 Å². The van der Waals surface area contributed by atoms with Crippen LogP contribution in [-0.2, 0) is 15.0 Å². The minimum absolute atomic E-state index is 0.191. The van der Waals surface area contributed by atoms with Gasteiger partial charge in [0.15, 0.2) is 0 Å². The Balaban J connectivity index is 2.86. The molecule has 0 aromatic carbocycles. The molecule has 0 bridgehead atoms. The second kappa shape index (κ2) is 4.95. The first-order chi connectivity index (χ1) is 3.81. The molecule has 1 unspecified atom stereocenters. The third-order valence-electron chi connectivity index (χ3n) is 0.491. The molecule has 0 aliphatic heterocycles. The average Bonchev–Trinajstić information content (AvgIpc) is 1.83. The van der Waals surface area contributed by atoms with Crippen molar-refractivity contribution in [2.75, 3.05) is 6.61 Å². The van der Waals surface area contributed by atoms with E-state index in [2.05, 4.69) is 15.0 Å². The van der Waals surface area contributed by atoms with Gasteiger partial charge >= 0.3 is 0 Å². The molecule has 0 heterocycles. The van der Waals surface area contributed by atoms with Crippen molar-refractivity contribution in [3.8, 4) is 0 Å². The molecule has 50 valence electrons. The van der Waals surface area contributed by atoms with Gasteiger partial charge in [-0.3, -0.25) is 0 Å². The van der Waals surface area contributed by atoms with E-state index in [0.29, 0.717) is 0 Å². The lowest BCUT2D eigenvalue weighted by molar-refractivity contribution is -0.631. The summed E-state index contributed by atoms with van der Waals surface area (Å²) >= 11 is 0. The second-order valence-corrected chi connectivity index (χ2v) is 1.23. The average molecular weight is 124 g/mol. The van der Waals surface area contributed by atoms with Crippen LogP contribution in [-0.4, -0.2) is 23.1 Å². The molecule has 0 amide bonds. The minimum Gasteiger partial charge on any atom is -0.394 e. The van der Waals surface area contributed by atoms with Crippen molar-refractivity contribution in [1.29, 1.82) is 0 Å². The van der Waals surface area contributed by atoms with E-state index in [9.17, 15) is 0 Å². The van der Waals surface area contributed by atoms with E-state index < -0.39 is 6.10 Å². The van der Waals surface area contributed by atoms with E-state index in [1.54, 1.807) is 6.92 Å². The summed E-state index contributed by atoms with van der Waals surface area (Å²) in [5, 5.41) is 22.4. The van der Waals surface area contributed by atoms with Crippen molar-refractivity contribution < 1.29 is 25.3 Å². The molecule has 2 N–H and O–H groups in total. The van der Waals surface area contributed by atoms with Crippen LogP contribution >= 0.6 is 0 Å². The van der Waals surface area contributed by atoms with Crippen molar-refractivity contribution in [2.24, 2.45) is 0 Å². The van der Waals surface area contributed by atoms with Crippen LogP contribution in [0, 0.1) is 0 Å². The first-order valence-electron chi connectivity index (χ1n) is 2.05. The molecule has 8 heavy (non-hydrogen) atoms. The summed E-state index contributed by atoms with van der Waals surface area (Å²) in [5.41, 5.74) is 0. The molecular weight excluding hydrogens is 116 g/mol. The summed E-state index contributed by atoms with van der Waals surface area (Å²) in [6.45, 7) is 1.35. The van der Waals surface area contributed by atoms with Crippen molar-refractivity contribution in [3.63, 3.8) is 0 Å². The zero-order valence-corrected chi connectivity index (χ0v) is 4.40. The molecule has 0 spiro atoms. The van der Waals surface area contributed by atoms with Crippen LogP contribution in [0.3, 0.4) is 0 Å². The Hall–Kier alpha value is -0.200. The largest absolute Gasteiger partial charge is 0.394 e. The molecule has 0 saturated heterocycles. The Morgan fingerprint density at radius 3 is 2.62 bits per heavy atom. The van der Waals surface area contributed by atoms with E-state index in [1.165, 1.54) is 0 Å². The van der Waals surface area contributed by atoms with Crippen LogP contribution in [0.2, 0.25) is 0 Å². The SMILES string of the molecule is CC(CO)OOOO. The Bertz CT molecular complexity index is 46.9. The van der Waals surface area contributed by atoms with Gasteiger partial charge in [0.1, 0.15) is 6.10 Å². The van der Waals surface area contributed by atoms with E-state index in [4.69, 9.17) is 10.4 Å². The van der Waals surface area contributed by atoms with Gasteiger partial charge in [-0.25, -0.2) is 5.26 Å². The number of hydrogen-bond acceptors (Lipinski definition) is 5. The maximum Gasteiger partial charge on any atom is 0.116 e. The van der Waals surface area contributed by atoms with Gasteiger partial charge in [-0.15, -0.1) is 0 Å². The van der Waals surface area contributed by atoms with Gasteiger partial charge in [-0.2, -0.15) is 4.89 Å². The Kier molecular flexibility index (Phi) is 4.82. The molecule has 0 rings (SSSR count). The van der Waals surface area contributed by atoms with Gasteiger partial charge in [0.2, 0.25) is 0 Å². The number of aliphatic hydroxyl groups excluding tert-OH is 1. The van der Waals surface area contributed by atoms with E-state index in [1.807, 2.05) is 0 Å². The number of hydrogen-bond donors (Lipinski definition) is 2. The fourth-order valence-electron chi connectivity index (χ4n) is 0.115. The van der Waals surface area contributed by atoms with Crippen LogP contribution in [0.1, 0.15) is 6.92 Å². The first kappa shape index (κ1) is 7.80. The monoisotopic (exact) mass is 124 g/mol. The predicted molar refractivity (Wildman–Crippen MR) is 22.4 cm³/mol. The Morgan fingerprint density at radius 1 is 1.62 bits per heavy atom. The van der Waals surface area contributed by atoms with Crippen molar-refractivity contribution in [3.05, 3.63) is 0 Å². The highest BCUT2D eigenvalue weighted by molar-refractivity contribution is 4.36. The summed E-state index contributed by atoms with van der Waals surface area (Å²) in [6, 6.07) is 0. The highest BCUT2D eigenvalue weighted by atomic mass is 17.6. The van der Waals surface area contributed by atoms with Crippen LogP contribution < -0.4 is 0 Å². The summed E-state index contributed by atoms with van der Waals surface area (Å²) in [6.07, 6.45) is -0.498. The predicted octanol–water partition coefficient (Wildman–Crippen LogP) is -0.280. The molecule has 5 heteroatoms. The van der Waals surface area contributed by atoms with Crippen LogP contribution in [0.4, 0.5) is 0 Å². The van der Waals surface area contributed by atoms with E-state index in [-0.39, 0.29) is 6.61 Å². The maximum absolute atomic E-state index is 8.22. The third-order valence-corrected chi connectivity index (χ3v) is 0.491. The van der Waals surface area contributed by atoms with Crippen molar-refractivity contribution in [2.45, 2.75) is 13.0 Å². The first-order valence-corrected chi connectivity index (χ1v) is 2.05. The standard InChI is InChI=1S/C3H8O5/c1-3(2-4)6-8-7-5/h3-5H,2H2,1H3. The topological polar surface area (TPSA) is 68.2 Å². The maximum atomic E-state index is 8.22.